The normalized spacial score (nSPS) is 14.1. The lowest BCUT2D eigenvalue weighted by molar-refractivity contribution is -0.118. The van der Waals surface area contributed by atoms with E-state index in [1.54, 1.807) is 6.08 Å². The highest BCUT2D eigenvalue weighted by molar-refractivity contribution is 8.27. The average molecular weight is 288 g/mol. The Hall–Kier alpha value is -1.52. The smallest absolute Gasteiger partial charge is 0.191 e. The lowest BCUT2D eigenvalue weighted by Gasteiger charge is -2.02. The van der Waals surface area contributed by atoms with Crippen LogP contribution in [-0.4, -0.2) is 11.6 Å². The highest BCUT2D eigenvalue weighted by Crippen LogP contribution is 2.40. The van der Waals surface area contributed by atoms with E-state index < -0.39 is 0 Å². The molecule has 4 heteroatoms. The van der Waals surface area contributed by atoms with Crippen molar-refractivity contribution in [2.24, 2.45) is 0 Å². The van der Waals surface area contributed by atoms with Crippen LogP contribution in [0.1, 0.15) is 12.5 Å². The summed E-state index contributed by atoms with van der Waals surface area (Å²) in [5, 5.41) is 3.74. The number of allylic oxidation sites excluding steroid dienone is 2. The molecule has 0 fully saturated rings. The quantitative estimate of drug-likeness (QED) is 0.476. The monoisotopic (exact) mass is 288 g/mol. The molecule has 2 nitrogen and oxygen atoms in total. The number of Topliss-reactive ketones (excluding diaryl/α,β-unsaturated/α-hetero) is 1. The standard InChI is InChI=1S/C15H12O2S2/c1-11(16)14(15-18-9-10-19-15)13(17)8-7-12-5-3-2-4-6-12/h2-10H,1H3/b8-7-. The summed E-state index contributed by atoms with van der Waals surface area (Å²) < 4.78 is 0.759. The van der Waals surface area contributed by atoms with Gasteiger partial charge in [0.25, 0.3) is 0 Å². The van der Waals surface area contributed by atoms with Crippen molar-refractivity contribution in [1.29, 1.82) is 0 Å². The molecule has 0 saturated carbocycles. The topological polar surface area (TPSA) is 34.1 Å². The van der Waals surface area contributed by atoms with Crippen LogP contribution in [0, 0.1) is 0 Å². The number of hydrogen-bond acceptors (Lipinski definition) is 4. The van der Waals surface area contributed by atoms with Crippen molar-refractivity contribution in [1.82, 2.24) is 0 Å². The number of carbonyl (C=O) groups excluding carboxylic acids is 2. The first kappa shape index (κ1) is 13.9. The van der Waals surface area contributed by atoms with Gasteiger partial charge in [0, 0.05) is 0 Å². The summed E-state index contributed by atoms with van der Waals surface area (Å²) in [6.07, 6.45) is 3.18. The number of carbonyl (C=O) groups is 2. The molecule has 19 heavy (non-hydrogen) atoms. The van der Waals surface area contributed by atoms with Crippen molar-refractivity contribution in [3.05, 3.63) is 62.6 Å². The number of rotatable bonds is 4. The second-order valence-electron chi connectivity index (χ2n) is 3.83. The molecule has 0 atom stereocenters. The van der Waals surface area contributed by atoms with E-state index in [0.717, 1.165) is 9.80 Å². The van der Waals surface area contributed by atoms with Crippen molar-refractivity contribution < 1.29 is 9.59 Å². The molecule has 0 spiro atoms. The zero-order valence-electron chi connectivity index (χ0n) is 10.3. The highest BCUT2D eigenvalue weighted by Gasteiger charge is 2.19. The third kappa shape index (κ3) is 3.72. The molecular formula is C15H12O2S2. The summed E-state index contributed by atoms with van der Waals surface area (Å²) in [6, 6.07) is 9.54. The molecule has 1 aliphatic heterocycles. The minimum atomic E-state index is -0.241. The van der Waals surface area contributed by atoms with Gasteiger partial charge in [-0.25, -0.2) is 0 Å². The molecule has 1 aliphatic rings. The molecule has 2 rings (SSSR count). The van der Waals surface area contributed by atoms with E-state index in [0.29, 0.717) is 0 Å². The maximum atomic E-state index is 12.1. The summed E-state index contributed by atoms with van der Waals surface area (Å²) in [7, 11) is 0. The van der Waals surface area contributed by atoms with E-state index in [1.807, 2.05) is 41.1 Å². The number of thioether (sulfide) groups is 2. The minimum Gasteiger partial charge on any atom is -0.294 e. The molecule has 1 aromatic rings. The SMILES string of the molecule is CC(=O)C(C(=O)/C=C\c1ccccc1)=C1SC=CS1. The van der Waals surface area contributed by atoms with E-state index in [4.69, 9.17) is 0 Å². The summed E-state index contributed by atoms with van der Waals surface area (Å²) in [4.78, 5) is 23.7. The second kappa shape index (κ2) is 6.59. The van der Waals surface area contributed by atoms with E-state index in [-0.39, 0.29) is 17.1 Å². The van der Waals surface area contributed by atoms with Crippen molar-refractivity contribution in [2.45, 2.75) is 6.92 Å². The first-order chi connectivity index (χ1) is 9.18. The molecule has 0 aromatic heterocycles. The van der Waals surface area contributed by atoms with Crippen molar-refractivity contribution in [2.75, 3.05) is 0 Å². The molecule has 0 aliphatic carbocycles. The van der Waals surface area contributed by atoms with Crippen LogP contribution in [0.5, 0.6) is 0 Å². The molecule has 0 radical (unpaired) electrons. The minimum absolute atomic E-state index is 0.193. The fraction of sp³-hybridized carbons (Fsp3) is 0.0667. The van der Waals surface area contributed by atoms with Crippen LogP contribution in [0.15, 0.2) is 57.0 Å². The average Bonchev–Trinajstić information content (AvgIpc) is 2.91. The Balaban J connectivity index is 2.20. The number of benzene rings is 1. The summed E-state index contributed by atoms with van der Waals surface area (Å²) in [6.45, 7) is 1.43. The van der Waals surface area contributed by atoms with Crippen molar-refractivity contribution >= 4 is 41.2 Å². The number of ketones is 2. The second-order valence-corrected chi connectivity index (χ2v) is 5.93. The maximum absolute atomic E-state index is 12.1. The Morgan fingerprint density at radius 1 is 1.05 bits per heavy atom. The highest BCUT2D eigenvalue weighted by atomic mass is 32.2. The van der Waals surface area contributed by atoms with Crippen molar-refractivity contribution in [3.63, 3.8) is 0 Å². The van der Waals surface area contributed by atoms with Gasteiger partial charge in [0.1, 0.15) is 0 Å². The van der Waals surface area contributed by atoms with E-state index in [9.17, 15) is 9.59 Å². The predicted octanol–water partition coefficient (Wildman–Crippen LogP) is 4.02. The molecular weight excluding hydrogens is 276 g/mol. The Morgan fingerprint density at radius 3 is 2.26 bits per heavy atom. The van der Waals surface area contributed by atoms with Gasteiger partial charge in [-0.3, -0.25) is 9.59 Å². The van der Waals surface area contributed by atoms with Gasteiger partial charge in [-0.15, -0.1) is 0 Å². The first-order valence-corrected chi connectivity index (χ1v) is 7.45. The Bertz CT molecular complexity index is 573. The van der Waals surface area contributed by atoms with Gasteiger partial charge in [0.05, 0.1) is 9.81 Å². The summed E-state index contributed by atoms with van der Waals surface area (Å²) >= 11 is 2.83. The molecule has 0 amide bonds. The zero-order valence-corrected chi connectivity index (χ0v) is 12.0. The molecule has 0 saturated heterocycles. The molecule has 0 unspecified atom stereocenters. The van der Waals surface area contributed by atoms with Crippen LogP contribution in [0.4, 0.5) is 0 Å². The predicted molar refractivity (Wildman–Crippen MR) is 82.5 cm³/mol. The van der Waals surface area contributed by atoms with Gasteiger partial charge >= 0.3 is 0 Å². The van der Waals surface area contributed by atoms with Crippen LogP contribution in [0.2, 0.25) is 0 Å². The molecule has 1 aromatic carbocycles. The van der Waals surface area contributed by atoms with Crippen LogP contribution in [0.3, 0.4) is 0 Å². The van der Waals surface area contributed by atoms with Gasteiger partial charge < -0.3 is 0 Å². The van der Waals surface area contributed by atoms with E-state index in [2.05, 4.69) is 0 Å². The largest absolute Gasteiger partial charge is 0.294 e. The van der Waals surface area contributed by atoms with Crippen LogP contribution in [0.25, 0.3) is 6.08 Å². The lowest BCUT2D eigenvalue weighted by atomic mass is 10.1. The van der Waals surface area contributed by atoms with Gasteiger partial charge in [-0.1, -0.05) is 59.9 Å². The molecule has 96 valence electrons. The third-order valence-electron chi connectivity index (χ3n) is 2.44. The van der Waals surface area contributed by atoms with E-state index >= 15 is 0 Å². The van der Waals surface area contributed by atoms with Crippen LogP contribution >= 0.6 is 23.5 Å². The molecule has 1 heterocycles. The first-order valence-electron chi connectivity index (χ1n) is 5.69. The van der Waals surface area contributed by atoms with Gasteiger partial charge in [-0.05, 0) is 29.4 Å². The number of hydrogen-bond donors (Lipinski definition) is 0. The van der Waals surface area contributed by atoms with Gasteiger partial charge in [0.15, 0.2) is 11.6 Å². The van der Waals surface area contributed by atoms with Crippen molar-refractivity contribution in [3.8, 4) is 0 Å². The third-order valence-corrected chi connectivity index (χ3v) is 4.57. The Kier molecular flexibility index (Phi) is 4.82. The Morgan fingerprint density at radius 2 is 1.68 bits per heavy atom. The van der Waals surface area contributed by atoms with Crippen LogP contribution in [-0.2, 0) is 9.59 Å². The summed E-state index contributed by atoms with van der Waals surface area (Å²) in [5.41, 5.74) is 1.21. The fourth-order valence-corrected chi connectivity index (χ4v) is 3.53. The van der Waals surface area contributed by atoms with Gasteiger partial charge in [0.2, 0.25) is 0 Å². The zero-order chi connectivity index (χ0) is 13.7. The fourth-order valence-electron chi connectivity index (χ4n) is 1.56. The van der Waals surface area contributed by atoms with Gasteiger partial charge in [-0.2, -0.15) is 0 Å². The maximum Gasteiger partial charge on any atom is 0.191 e. The Labute approximate surface area is 120 Å². The molecule has 0 N–H and O–H groups in total. The molecule has 0 bridgehead atoms. The lowest BCUT2D eigenvalue weighted by Crippen LogP contribution is -2.08. The van der Waals surface area contributed by atoms with E-state index in [1.165, 1.54) is 36.5 Å². The van der Waals surface area contributed by atoms with Crippen LogP contribution < -0.4 is 0 Å². The summed E-state index contributed by atoms with van der Waals surface area (Å²) in [5.74, 6) is -0.434.